The van der Waals surface area contributed by atoms with Crippen LogP contribution in [0, 0.1) is 0 Å². The van der Waals surface area contributed by atoms with Crippen molar-refractivity contribution in [3.05, 3.63) is 53.6 Å². The van der Waals surface area contributed by atoms with Gasteiger partial charge in [-0.25, -0.2) is 4.79 Å². The Morgan fingerprint density at radius 3 is 2.11 bits per heavy atom. The van der Waals surface area contributed by atoms with E-state index in [4.69, 9.17) is 9.47 Å². The van der Waals surface area contributed by atoms with Crippen LogP contribution < -0.4 is 24.8 Å². The Morgan fingerprint density at radius 1 is 0.926 bits per heavy atom. The molecule has 2 aromatic rings. The highest BCUT2D eigenvalue weighted by Crippen LogP contribution is 2.22. The molecule has 2 aromatic carbocycles. The summed E-state index contributed by atoms with van der Waals surface area (Å²) in [6.07, 6.45) is 0.565. The molecule has 6 nitrogen and oxygen atoms in total. The Kier molecular flexibility index (Phi) is 7.66. The second-order valence-corrected chi connectivity index (χ2v) is 5.60. The first-order valence-electron chi connectivity index (χ1n) is 8.27. The van der Waals surface area contributed by atoms with Gasteiger partial charge in [-0.05, 0) is 41.8 Å². The molecule has 8 heteroatoms. The monoisotopic (exact) mass is 380 g/mol. The quantitative estimate of drug-likeness (QED) is 0.700. The summed E-state index contributed by atoms with van der Waals surface area (Å²) in [6.45, 7) is -2.12. The van der Waals surface area contributed by atoms with Gasteiger partial charge in [0.25, 0.3) is 0 Å². The average Bonchev–Trinajstić information content (AvgIpc) is 2.67. The predicted molar refractivity (Wildman–Crippen MR) is 96.6 cm³/mol. The van der Waals surface area contributed by atoms with Crippen molar-refractivity contribution in [1.82, 2.24) is 10.6 Å². The molecule has 2 rings (SSSR count). The molecule has 0 radical (unpaired) electrons. The molecule has 0 saturated carbocycles. The number of rotatable bonds is 9. The van der Waals surface area contributed by atoms with E-state index in [1.54, 1.807) is 32.4 Å². The first-order chi connectivity index (χ1) is 13.0. The highest BCUT2D eigenvalue weighted by molar-refractivity contribution is 5.73. The van der Waals surface area contributed by atoms with Crippen LogP contribution in [0.5, 0.6) is 17.2 Å². The summed E-state index contributed by atoms with van der Waals surface area (Å²) < 4.78 is 38.9. The Bertz CT molecular complexity index is 717. The van der Waals surface area contributed by atoms with E-state index in [0.717, 1.165) is 11.1 Å². The Labute approximate surface area is 156 Å². The molecule has 0 bridgehead atoms. The van der Waals surface area contributed by atoms with Gasteiger partial charge >= 0.3 is 12.6 Å². The molecular formula is C19H22F2N2O4. The van der Waals surface area contributed by atoms with E-state index in [-0.39, 0.29) is 11.8 Å². The van der Waals surface area contributed by atoms with E-state index in [9.17, 15) is 13.6 Å². The van der Waals surface area contributed by atoms with Gasteiger partial charge < -0.3 is 24.8 Å². The van der Waals surface area contributed by atoms with Crippen LogP contribution >= 0.6 is 0 Å². The van der Waals surface area contributed by atoms with Gasteiger partial charge in [0.15, 0.2) is 0 Å². The molecule has 146 valence electrons. The molecule has 2 amide bonds. The summed E-state index contributed by atoms with van der Waals surface area (Å²) >= 11 is 0. The third-order valence-electron chi connectivity index (χ3n) is 3.71. The molecule has 0 aliphatic carbocycles. The largest absolute Gasteiger partial charge is 0.497 e. The number of methoxy groups -OCH3 is 2. The van der Waals surface area contributed by atoms with Crippen molar-refractivity contribution in [3.63, 3.8) is 0 Å². The van der Waals surface area contributed by atoms with Crippen molar-refractivity contribution in [1.29, 1.82) is 0 Å². The predicted octanol–water partition coefficient (Wildman–Crippen LogP) is 3.35. The van der Waals surface area contributed by atoms with Gasteiger partial charge in [-0.1, -0.05) is 12.1 Å². The van der Waals surface area contributed by atoms with E-state index in [0.29, 0.717) is 31.0 Å². The second-order valence-electron chi connectivity index (χ2n) is 5.60. The number of ether oxygens (including phenoxy) is 3. The minimum absolute atomic E-state index is 0.105. The fourth-order valence-corrected chi connectivity index (χ4v) is 2.37. The van der Waals surface area contributed by atoms with E-state index >= 15 is 0 Å². The lowest BCUT2D eigenvalue weighted by molar-refractivity contribution is -0.0498. The molecule has 2 N–H and O–H groups in total. The lowest BCUT2D eigenvalue weighted by Gasteiger charge is -2.11. The number of carbonyl (C=O) groups excluding carboxylic acids is 1. The summed E-state index contributed by atoms with van der Waals surface area (Å²) in [7, 11) is 3.12. The Balaban J connectivity index is 1.75. The number of amides is 2. The van der Waals surface area contributed by atoms with Crippen LogP contribution in [-0.2, 0) is 13.0 Å². The standard InChI is InChI=1S/C19H22F2N2O4/c1-25-16-9-14(10-17(11-16)26-2)12-23-19(24)22-8-7-13-3-5-15(6-4-13)27-18(20)21/h3-6,9-11,18H,7-8,12H2,1-2H3,(H2,22,23,24). The minimum Gasteiger partial charge on any atom is -0.497 e. The highest BCUT2D eigenvalue weighted by Gasteiger charge is 2.06. The molecule has 0 unspecified atom stereocenters. The molecule has 0 aliphatic rings. The lowest BCUT2D eigenvalue weighted by atomic mass is 10.1. The van der Waals surface area contributed by atoms with Gasteiger partial charge in [0.2, 0.25) is 0 Å². The van der Waals surface area contributed by atoms with Crippen molar-refractivity contribution in [2.75, 3.05) is 20.8 Å². The lowest BCUT2D eigenvalue weighted by Crippen LogP contribution is -2.36. The van der Waals surface area contributed by atoms with Crippen LogP contribution in [0.1, 0.15) is 11.1 Å². The summed E-state index contributed by atoms with van der Waals surface area (Å²) in [5.41, 5.74) is 1.74. The first-order valence-corrected chi connectivity index (χ1v) is 8.27. The van der Waals surface area contributed by atoms with Gasteiger partial charge in [-0.2, -0.15) is 8.78 Å². The number of carbonyl (C=O) groups is 1. The first kappa shape index (κ1) is 20.3. The average molecular weight is 380 g/mol. The zero-order chi connectivity index (χ0) is 19.6. The SMILES string of the molecule is COc1cc(CNC(=O)NCCc2ccc(OC(F)F)cc2)cc(OC)c1. The van der Waals surface area contributed by atoms with E-state index < -0.39 is 6.61 Å². The van der Waals surface area contributed by atoms with Crippen molar-refractivity contribution < 1.29 is 27.8 Å². The van der Waals surface area contributed by atoms with E-state index in [1.807, 2.05) is 12.1 Å². The summed E-state index contributed by atoms with van der Waals surface area (Å²) in [5.74, 6) is 1.39. The third-order valence-corrected chi connectivity index (χ3v) is 3.71. The number of urea groups is 1. The maximum absolute atomic E-state index is 12.1. The summed E-state index contributed by atoms with van der Waals surface area (Å²) in [6, 6.07) is 11.4. The molecule has 0 fully saturated rings. The number of hydrogen-bond acceptors (Lipinski definition) is 4. The summed E-state index contributed by atoms with van der Waals surface area (Å²) in [5, 5.41) is 5.50. The van der Waals surface area contributed by atoms with Gasteiger partial charge in [-0.3, -0.25) is 0 Å². The number of benzene rings is 2. The van der Waals surface area contributed by atoms with Crippen molar-refractivity contribution in [2.45, 2.75) is 19.6 Å². The van der Waals surface area contributed by atoms with Gasteiger partial charge in [-0.15, -0.1) is 0 Å². The number of hydrogen-bond donors (Lipinski definition) is 2. The van der Waals surface area contributed by atoms with Crippen molar-refractivity contribution in [2.24, 2.45) is 0 Å². The van der Waals surface area contributed by atoms with Crippen LogP contribution in [0.15, 0.2) is 42.5 Å². The second kappa shape index (κ2) is 10.2. The van der Waals surface area contributed by atoms with Crippen molar-refractivity contribution >= 4 is 6.03 Å². The van der Waals surface area contributed by atoms with Gasteiger partial charge in [0.1, 0.15) is 17.2 Å². The van der Waals surface area contributed by atoms with E-state index in [2.05, 4.69) is 15.4 Å². The van der Waals surface area contributed by atoms with Crippen LogP contribution in [0.4, 0.5) is 13.6 Å². The number of halogens is 2. The fourth-order valence-electron chi connectivity index (χ4n) is 2.37. The molecule has 0 spiro atoms. The van der Waals surface area contributed by atoms with E-state index in [1.165, 1.54) is 12.1 Å². The zero-order valence-electron chi connectivity index (χ0n) is 15.1. The molecule has 0 aliphatic heterocycles. The molecule has 0 saturated heterocycles. The maximum atomic E-state index is 12.1. The summed E-state index contributed by atoms with van der Waals surface area (Å²) in [4.78, 5) is 11.9. The topological polar surface area (TPSA) is 68.8 Å². The molecule has 0 atom stereocenters. The maximum Gasteiger partial charge on any atom is 0.387 e. The van der Waals surface area contributed by atoms with Crippen LogP contribution in [0.2, 0.25) is 0 Å². The zero-order valence-corrected chi connectivity index (χ0v) is 15.1. The van der Waals surface area contributed by atoms with Crippen LogP contribution in [0.3, 0.4) is 0 Å². The molecular weight excluding hydrogens is 358 g/mol. The van der Waals surface area contributed by atoms with Crippen LogP contribution in [0.25, 0.3) is 0 Å². The number of nitrogens with one attached hydrogen (secondary N) is 2. The van der Waals surface area contributed by atoms with Gasteiger partial charge in [0, 0.05) is 19.2 Å². The Hall–Kier alpha value is -3.03. The Morgan fingerprint density at radius 2 is 1.56 bits per heavy atom. The number of alkyl halides is 2. The smallest absolute Gasteiger partial charge is 0.387 e. The minimum atomic E-state index is -2.84. The van der Waals surface area contributed by atoms with Gasteiger partial charge in [0.05, 0.1) is 14.2 Å². The third kappa shape index (κ3) is 7.01. The van der Waals surface area contributed by atoms with Crippen molar-refractivity contribution in [3.8, 4) is 17.2 Å². The normalized spacial score (nSPS) is 10.4. The van der Waals surface area contributed by atoms with Crippen LogP contribution in [-0.4, -0.2) is 33.4 Å². The highest BCUT2D eigenvalue weighted by atomic mass is 19.3. The molecule has 27 heavy (non-hydrogen) atoms. The fraction of sp³-hybridized carbons (Fsp3) is 0.316. The molecule has 0 heterocycles. The molecule has 0 aromatic heterocycles.